The highest BCUT2D eigenvalue weighted by molar-refractivity contribution is 5.83. The van der Waals surface area contributed by atoms with Gasteiger partial charge in [-0.15, -0.1) is 5.11 Å². The van der Waals surface area contributed by atoms with Crippen molar-refractivity contribution in [2.24, 2.45) is 10.2 Å². The van der Waals surface area contributed by atoms with E-state index in [1.54, 1.807) is 4.90 Å². The number of likely N-dealkylation sites (N-methyl/N-ethyl adjacent to an activating group) is 1. The van der Waals surface area contributed by atoms with Crippen LogP contribution in [0.1, 0.15) is 11.1 Å². The number of fused-ring (bicyclic) bond motifs is 1. The van der Waals surface area contributed by atoms with Crippen molar-refractivity contribution >= 4 is 22.4 Å². The third-order valence-corrected chi connectivity index (χ3v) is 6.91. The van der Waals surface area contributed by atoms with Gasteiger partial charge in [-0.05, 0) is 25.6 Å². The molecule has 1 aromatic carbocycles. The van der Waals surface area contributed by atoms with Crippen molar-refractivity contribution in [3.05, 3.63) is 47.2 Å². The number of benzene rings is 1. The Balaban J connectivity index is 1.36. The van der Waals surface area contributed by atoms with Crippen molar-refractivity contribution in [2.75, 3.05) is 77.6 Å². The van der Waals surface area contributed by atoms with Gasteiger partial charge in [-0.1, -0.05) is 12.1 Å². The summed E-state index contributed by atoms with van der Waals surface area (Å²) in [4.78, 5) is 13.5. The fourth-order valence-electron chi connectivity index (χ4n) is 4.68. The van der Waals surface area contributed by atoms with Gasteiger partial charge >= 0.3 is 0 Å². The molecule has 5 rings (SSSR count). The summed E-state index contributed by atoms with van der Waals surface area (Å²) in [6.07, 6.45) is 1.86. The molecule has 0 bridgehead atoms. The van der Waals surface area contributed by atoms with E-state index in [9.17, 15) is 0 Å². The minimum Gasteiger partial charge on any atom is -0.474 e. The number of piperazine rings is 1. The van der Waals surface area contributed by atoms with E-state index < -0.39 is 11.6 Å². The Labute approximate surface area is 215 Å². The number of rotatable bonds is 8. The van der Waals surface area contributed by atoms with Gasteiger partial charge in [0.2, 0.25) is 11.6 Å². The third kappa shape index (κ3) is 5.89. The molecular weight excluding hydrogens is 480 g/mol. The SMILES string of the molecule is Cc1ccc2c(CN=Nc3nc(OCCN4CCN(C)CC4)c(F)c(N4CCOCC4)c3F)c[nH]c2c1. The lowest BCUT2D eigenvalue weighted by Crippen LogP contribution is -2.45. The normalized spacial score (nSPS) is 17.8. The van der Waals surface area contributed by atoms with Crippen LogP contribution in [0.2, 0.25) is 0 Å². The van der Waals surface area contributed by atoms with Crippen LogP contribution in [0, 0.1) is 18.6 Å². The van der Waals surface area contributed by atoms with E-state index in [1.165, 1.54) is 0 Å². The first-order valence-electron chi connectivity index (χ1n) is 12.7. The zero-order valence-corrected chi connectivity index (χ0v) is 21.3. The number of nitrogens with one attached hydrogen (secondary N) is 1. The number of halogens is 2. The first-order chi connectivity index (χ1) is 18.0. The molecule has 1 N–H and O–H groups in total. The van der Waals surface area contributed by atoms with Crippen molar-refractivity contribution in [3.63, 3.8) is 0 Å². The molecule has 0 amide bonds. The number of nitrogens with zero attached hydrogens (tertiary/aromatic N) is 6. The molecular formula is C26H33F2N7O2. The number of H-pyrrole nitrogens is 1. The Morgan fingerprint density at radius 1 is 1.08 bits per heavy atom. The second-order valence-corrected chi connectivity index (χ2v) is 9.57. The molecule has 0 saturated carbocycles. The minimum atomic E-state index is -0.843. The predicted octanol–water partition coefficient (Wildman–Crippen LogP) is 3.90. The van der Waals surface area contributed by atoms with Crippen LogP contribution in [0.15, 0.2) is 34.6 Å². The molecule has 0 radical (unpaired) electrons. The van der Waals surface area contributed by atoms with Gasteiger partial charge in [0.1, 0.15) is 12.3 Å². The van der Waals surface area contributed by atoms with Gasteiger partial charge < -0.3 is 24.3 Å². The van der Waals surface area contributed by atoms with Gasteiger partial charge in [0.15, 0.2) is 5.82 Å². The van der Waals surface area contributed by atoms with Crippen LogP contribution in [0.4, 0.5) is 20.3 Å². The van der Waals surface area contributed by atoms with E-state index in [1.807, 2.05) is 25.3 Å². The third-order valence-electron chi connectivity index (χ3n) is 6.91. The molecule has 198 valence electrons. The average molecular weight is 514 g/mol. The second-order valence-electron chi connectivity index (χ2n) is 9.57. The zero-order valence-electron chi connectivity index (χ0n) is 21.3. The highest BCUT2D eigenvalue weighted by Crippen LogP contribution is 2.35. The van der Waals surface area contributed by atoms with E-state index in [2.05, 4.69) is 43.1 Å². The Hall–Kier alpha value is -3.15. The number of aromatic amines is 1. The van der Waals surface area contributed by atoms with Gasteiger partial charge in [-0.3, -0.25) is 4.90 Å². The summed E-state index contributed by atoms with van der Waals surface area (Å²) >= 11 is 0. The van der Waals surface area contributed by atoms with Crippen molar-refractivity contribution < 1.29 is 18.3 Å². The maximum absolute atomic E-state index is 15.5. The van der Waals surface area contributed by atoms with Crippen molar-refractivity contribution in [1.29, 1.82) is 0 Å². The minimum absolute atomic E-state index is 0.190. The number of morpholine rings is 1. The van der Waals surface area contributed by atoms with Crippen LogP contribution in [-0.2, 0) is 11.3 Å². The summed E-state index contributed by atoms with van der Waals surface area (Å²) in [6.45, 7) is 8.44. The number of anilines is 1. The van der Waals surface area contributed by atoms with Crippen LogP contribution in [0.5, 0.6) is 5.88 Å². The molecule has 0 atom stereocenters. The number of hydrogen-bond donors (Lipinski definition) is 1. The van der Waals surface area contributed by atoms with Gasteiger partial charge in [-0.25, -0.2) is 4.39 Å². The molecule has 2 aliphatic heterocycles. The zero-order chi connectivity index (χ0) is 25.8. The summed E-state index contributed by atoms with van der Waals surface area (Å²) in [5, 5.41) is 9.30. The fourth-order valence-corrected chi connectivity index (χ4v) is 4.68. The maximum Gasteiger partial charge on any atom is 0.255 e. The number of pyridine rings is 1. The topological polar surface area (TPSA) is 81.6 Å². The molecule has 4 heterocycles. The van der Waals surface area contributed by atoms with Crippen LogP contribution < -0.4 is 9.64 Å². The Morgan fingerprint density at radius 3 is 2.65 bits per heavy atom. The first-order valence-corrected chi connectivity index (χ1v) is 12.7. The standard InChI is InChI=1S/C26H33F2N7O2/c1-18-3-4-20-19(16-29-21(20)15-18)17-30-32-25-22(27)24(35-10-12-36-13-11-35)23(28)26(31-25)37-14-9-34-7-5-33(2)6-8-34/h3-4,15-16,29H,5-14,17H2,1-2H3. The molecule has 9 nitrogen and oxygen atoms in total. The molecule has 11 heteroatoms. The highest BCUT2D eigenvalue weighted by atomic mass is 19.1. The lowest BCUT2D eigenvalue weighted by molar-refractivity contribution is 0.121. The van der Waals surface area contributed by atoms with Crippen molar-refractivity contribution in [3.8, 4) is 5.88 Å². The lowest BCUT2D eigenvalue weighted by Gasteiger charge is -2.32. The molecule has 2 aliphatic rings. The van der Waals surface area contributed by atoms with Crippen LogP contribution in [0.25, 0.3) is 10.9 Å². The molecule has 3 aromatic rings. The van der Waals surface area contributed by atoms with E-state index in [0.717, 1.165) is 48.2 Å². The molecule has 37 heavy (non-hydrogen) atoms. The number of aromatic nitrogens is 2. The van der Waals surface area contributed by atoms with Gasteiger partial charge in [0, 0.05) is 68.5 Å². The van der Waals surface area contributed by atoms with Crippen molar-refractivity contribution in [1.82, 2.24) is 19.8 Å². The van der Waals surface area contributed by atoms with Gasteiger partial charge in [0.25, 0.3) is 5.88 Å². The summed E-state index contributed by atoms with van der Waals surface area (Å²) in [5.41, 5.74) is 2.89. The number of azo groups is 1. The number of ether oxygens (including phenoxy) is 2. The number of hydrogen-bond acceptors (Lipinski definition) is 8. The summed E-state index contributed by atoms with van der Waals surface area (Å²) in [5.74, 6) is -2.20. The molecule has 2 fully saturated rings. The molecule has 0 unspecified atom stereocenters. The van der Waals surface area contributed by atoms with Gasteiger partial charge in [-0.2, -0.15) is 14.5 Å². The van der Waals surface area contributed by atoms with Crippen LogP contribution >= 0.6 is 0 Å². The average Bonchev–Trinajstić information content (AvgIpc) is 3.30. The number of aryl methyl sites for hydroxylation is 1. The smallest absolute Gasteiger partial charge is 0.255 e. The van der Waals surface area contributed by atoms with Crippen molar-refractivity contribution in [2.45, 2.75) is 13.5 Å². The van der Waals surface area contributed by atoms with E-state index in [-0.39, 0.29) is 30.5 Å². The van der Waals surface area contributed by atoms with Gasteiger partial charge in [0.05, 0.1) is 19.8 Å². The summed E-state index contributed by atoms with van der Waals surface area (Å²) in [6, 6.07) is 6.10. The molecule has 0 aliphatic carbocycles. The monoisotopic (exact) mass is 513 g/mol. The molecule has 0 spiro atoms. The molecule has 2 aromatic heterocycles. The second kappa shape index (κ2) is 11.5. The predicted molar refractivity (Wildman–Crippen MR) is 138 cm³/mol. The first kappa shape index (κ1) is 25.5. The van der Waals surface area contributed by atoms with Crippen LogP contribution in [-0.4, -0.2) is 92.4 Å². The highest BCUT2D eigenvalue weighted by Gasteiger charge is 2.27. The Bertz CT molecular complexity index is 1250. The Kier molecular flexibility index (Phi) is 7.92. The fraction of sp³-hybridized carbons (Fsp3) is 0.500. The summed E-state index contributed by atoms with van der Waals surface area (Å²) < 4.78 is 42.1. The lowest BCUT2D eigenvalue weighted by atomic mass is 10.1. The summed E-state index contributed by atoms with van der Waals surface area (Å²) in [7, 11) is 2.09. The largest absolute Gasteiger partial charge is 0.474 e. The maximum atomic E-state index is 15.5. The van der Waals surface area contributed by atoms with E-state index in [0.29, 0.717) is 32.8 Å². The van der Waals surface area contributed by atoms with E-state index in [4.69, 9.17) is 9.47 Å². The molecule has 2 saturated heterocycles. The van der Waals surface area contributed by atoms with E-state index >= 15 is 8.78 Å². The Morgan fingerprint density at radius 2 is 1.86 bits per heavy atom. The van der Waals surface area contributed by atoms with Crippen LogP contribution in [0.3, 0.4) is 0 Å². The quantitative estimate of drug-likeness (QED) is 0.460.